The van der Waals surface area contributed by atoms with Gasteiger partial charge in [0.15, 0.2) is 0 Å². The number of anilines is 1. The molecular weight excluding hydrogens is 152 g/mol. The van der Waals surface area contributed by atoms with E-state index in [-0.39, 0.29) is 0 Å². The zero-order chi connectivity index (χ0) is 9.14. The van der Waals surface area contributed by atoms with Gasteiger partial charge in [-0.15, -0.1) is 0 Å². The van der Waals surface area contributed by atoms with Gasteiger partial charge in [0.25, 0.3) is 0 Å². The maximum Gasteiger partial charge on any atom is 0.225 e. The molecule has 0 saturated carbocycles. The molecule has 1 rings (SSSR count). The summed E-state index contributed by atoms with van der Waals surface area (Å²) in [6, 6.07) is 0. The van der Waals surface area contributed by atoms with Crippen LogP contribution in [0.3, 0.4) is 0 Å². The normalized spacial score (nSPS) is 11.0. The van der Waals surface area contributed by atoms with Gasteiger partial charge in [0, 0.05) is 5.56 Å². The quantitative estimate of drug-likeness (QED) is 0.751. The van der Waals surface area contributed by atoms with Crippen molar-refractivity contribution in [3.8, 4) is 0 Å². The van der Waals surface area contributed by atoms with Crippen molar-refractivity contribution in [1.82, 2.24) is 5.16 Å². The first-order chi connectivity index (χ1) is 5.65. The van der Waals surface area contributed by atoms with Gasteiger partial charge < -0.3 is 10.3 Å². The van der Waals surface area contributed by atoms with E-state index in [4.69, 9.17) is 10.3 Å². The zero-order valence-electron chi connectivity index (χ0n) is 7.92. The lowest BCUT2D eigenvalue weighted by molar-refractivity contribution is 0.428. The molecule has 2 N–H and O–H groups in total. The molecule has 0 unspecified atom stereocenters. The molecule has 0 radical (unpaired) electrons. The summed E-state index contributed by atoms with van der Waals surface area (Å²) in [7, 11) is 0. The fourth-order valence-corrected chi connectivity index (χ4v) is 1.26. The number of nitrogens with zero attached hydrogens (tertiary/aromatic N) is 1. The Bertz CT molecular complexity index is 253. The Hall–Kier alpha value is -0.990. The van der Waals surface area contributed by atoms with Crippen LogP contribution in [0.15, 0.2) is 4.52 Å². The minimum absolute atomic E-state index is 0.487. The maximum atomic E-state index is 5.64. The average Bonchev–Trinajstić information content (AvgIpc) is 2.32. The summed E-state index contributed by atoms with van der Waals surface area (Å²) in [4.78, 5) is 0. The Kier molecular flexibility index (Phi) is 2.74. The van der Waals surface area contributed by atoms with Crippen molar-refractivity contribution in [1.29, 1.82) is 0 Å². The fraction of sp³-hybridized carbons (Fsp3) is 0.667. The van der Waals surface area contributed by atoms with Crippen molar-refractivity contribution in [2.45, 2.75) is 33.6 Å². The largest absolute Gasteiger partial charge is 0.367 e. The molecule has 0 atom stereocenters. The monoisotopic (exact) mass is 168 g/mol. The van der Waals surface area contributed by atoms with Crippen LogP contribution in [-0.4, -0.2) is 5.16 Å². The molecule has 3 heteroatoms. The predicted molar refractivity (Wildman–Crippen MR) is 48.8 cm³/mol. The van der Waals surface area contributed by atoms with Crippen LogP contribution < -0.4 is 5.73 Å². The number of hydrogen-bond acceptors (Lipinski definition) is 3. The Labute approximate surface area is 72.9 Å². The Balaban J connectivity index is 2.86. The highest BCUT2D eigenvalue weighted by Gasteiger charge is 2.12. The van der Waals surface area contributed by atoms with Crippen LogP contribution in [0, 0.1) is 5.92 Å². The maximum absolute atomic E-state index is 5.64. The van der Waals surface area contributed by atoms with E-state index in [1.807, 2.05) is 0 Å². The van der Waals surface area contributed by atoms with E-state index in [0.717, 1.165) is 24.1 Å². The van der Waals surface area contributed by atoms with E-state index in [1.165, 1.54) is 0 Å². The lowest BCUT2D eigenvalue weighted by atomic mass is 10.0. The van der Waals surface area contributed by atoms with Crippen molar-refractivity contribution in [3.05, 3.63) is 11.3 Å². The molecule has 1 aromatic heterocycles. The van der Waals surface area contributed by atoms with Crippen LogP contribution in [0.4, 0.5) is 5.88 Å². The van der Waals surface area contributed by atoms with Gasteiger partial charge in [-0.25, -0.2) is 0 Å². The molecule has 0 aromatic carbocycles. The highest BCUT2D eigenvalue weighted by molar-refractivity contribution is 5.39. The summed E-state index contributed by atoms with van der Waals surface area (Å²) in [6.45, 7) is 6.37. The summed E-state index contributed by atoms with van der Waals surface area (Å²) < 4.78 is 4.92. The average molecular weight is 168 g/mol. The second-order valence-electron chi connectivity index (χ2n) is 3.42. The standard InChI is InChI=1S/C9H16N2O/c1-4-8-7(5-6(2)3)9(10)12-11-8/h6H,4-5,10H2,1-3H3. The fourth-order valence-electron chi connectivity index (χ4n) is 1.26. The first kappa shape index (κ1) is 9.10. The van der Waals surface area contributed by atoms with Crippen LogP contribution >= 0.6 is 0 Å². The number of aromatic nitrogens is 1. The summed E-state index contributed by atoms with van der Waals surface area (Å²) in [5.41, 5.74) is 7.73. The van der Waals surface area contributed by atoms with Gasteiger partial charge in [-0.2, -0.15) is 0 Å². The Morgan fingerprint density at radius 3 is 2.67 bits per heavy atom. The molecule has 0 fully saturated rings. The summed E-state index contributed by atoms with van der Waals surface area (Å²) in [5.74, 6) is 1.08. The minimum Gasteiger partial charge on any atom is -0.367 e. The van der Waals surface area contributed by atoms with E-state index >= 15 is 0 Å². The second kappa shape index (κ2) is 3.61. The van der Waals surface area contributed by atoms with Crippen molar-refractivity contribution in [2.24, 2.45) is 5.92 Å². The van der Waals surface area contributed by atoms with E-state index in [1.54, 1.807) is 0 Å². The summed E-state index contributed by atoms with van der Waals surface area (Å²) in [6.07, 6.45) is 1.85. The SMILES string of the molecule is CCc1noc(N)c1CC(C)C. The third kappa shape index (κ3) is 1.78. The van der Waals surface area contributed by atoms with Gasteiger partial charge in [0.2, 0.25) is 5.88 Å². The lowest BCUT2D eigenvalue weighted by Crippen LogP contribution is -1.99. The summed E-state index contributed by atoms with van der Waals surface area (Å²) in [5, 5.41) is 3.89. The predicted octanol–water partition coefficient (Wildman–Crippen LogP) is 2.02. The smallest absolute Gasteiger partial charge is 0.225 e. The van der Waals surface area contributed by atoms with Gasteiger partial charge in [-0.05, 0) is 18.8 Å². The highest BCUT2D eigenvalue weighted by atomic mass is 16.5. The van der Waals surface area contributed by atoms with Crippen LogP contribution in [0.1, 0.15) is 32.0 Å². The molecule has 0 aliphatic rings. The van der Waals surface area contributed by atoms with Gasteiger partial charge in [-0.3, -0.25) is 0 Å². The molecule has 12 heavy (non-hydrogen) atoms. The third-order valence-electron chi connectivity index (χ3n) is 1.85. The van der Waals surface area contributed by atoms with E-state index in [0.29, 0.717) is 11.8 Å². The molecular formula is C9H16N2O. The molecule has 0 spiro atoms. The molecule has 68 valence electrons. The first-order valence-electron chi connectivity index (χ1n) is 4.38. The molecule has 0 aliphatic heterocycles. The van der Waals surface area contributed by atoms with Gasteiger partial charge in [-0.1, -0.05) is 25.9 Å². The number of hydrogen-bond donors (Lipinski definition) is 1. The second-order valence-corrected chi connectivity index (χ2v) is 3.42. The van der Waals surface area contributed by atoms with E-state index < -0.39 is 0 Å². The van der Waals surface area contributed by atoms with Crippen molar-refractivity contribution in [3.63, 3.8) is 0 Å². The molecule has 0 saturated heterocycles. The topological polar surface area (TPSA) is 52.0 Å². The van der Waals surface area contributed by atoms with Gasteiger partial charge in [0.05, 0.1) is 5.69 Å². The van der Waals surface area contributed by atoms with Crippen LogP contribution in [0.2, 0.25) is 0 Å². The van der Waals surface area contributed by atoms with Crippen LogP contribution in [0.25, 0.3) is 0 Å². The highest BCUT2D eigenvalue weighted by Crippen LogP contribution is 2.20. The number of rotatable bonds is 3. The van der Waals surface area contributed by atoms with Crippen LogP contribution in [-0.2, 0) is 12.8 Å². The first-order valence-corrected chi connectivity index (χ1v) is 4.38. The van der Waals surface area contributed by atoms with E-state index in [9.17, 15) is 0 Å². The number of nitrogen functional groups attached to an aromatic ring is 1. The van der Waals surface area contributed by atoms with Crippen molar-refractivity contribution < 1.29 is 4.52 Å². The Morgan fingerprint density at radius 2 is 2.17 bits per heavy atom. The van der Waals surface area contributed by atoms with Crippen LogP contribution in [0.5, 0.6) is 0 Å². The van der Waals surface area contributed by atoms with E-state index in [2.05, 4.69) is 25.9 Å². The van der Waals surface area contributed by atoms with Crippen molar-refractivity contribution in [2.75, 3.05) is 5.73 Å². The molecule has 1 heterocycles. The van der Waals surface area contributed by atoms with Gasteiger partial charge >= 0.3 is 0 Å². The molecule has 3 nitrogen and oxygen atoms in total. The molecule has 0 aliphatic carbocycles. The lowest BCUT2D eigenvalue weighted by Gasteiger charge is -2.02. The minimum atomic E-state index is 0.487. The molecule has 0 amide bonds. The zero-order valence-corrected chi connectivity index (χ0v) is 7.92. The van der Waals surface area contributed by atoms with Gasteiger partial charge in [0.1, 0.15) is 0 Å². The van der Waals surface area contributed by atoms with Crippen molar-refractivity contribution >= 4 is 5.88 Å². The summed E-state index contributed by atoms with van der Waals surface area (Å²) >= 11 is 0. The number of nitrogens with two attached hydrogens (primary N) is 1. The molecule has 0 bridgehead atoms. The Morgan fingerprint density at radius 1 is 1.50 bits per heavy atom. The third-order valence-corrected chi connectivity index (χ3v) is 1.85. The molecule has 1 aromatic rings. The number of aryl methyl sites for hydroxylation is 1.